The average Bonchev–Trinajstić information content (AvgIpc) is 3.57. The van der Waals surface area contributed by atoms with Crippen LogP contribution in [-0.4, -0.2) is 48.0 Å². The molecule has 2 aromatic heterocycles. The molecule has 0 bridgehead atoms. The number of rotatable bonds is 10. The number of sulfone groups is 1. The van der Waals surface area contributed by atoms with Gasteiger partial charge in [-0.25, -0.2) is 13.4 Å². The Morgan fingerprint density at radius 2 is 2.06 bits per heavy atom. The van der Waals surface area contributed by atoms with Crippen molar-refractivity contribution >= 4 is 15.7 Å². The number of carbonyl (C=O) groups is 1. The molecule has 0 radical (unpaired) electrons. The fraction of sp³-hybridized carbons (Fsp3) is 0.333. The average molecular weight is 470 g/mol. The molecule has 1 amide bonds. The standard InChI is InChI=1S/C24H27N3O5S/c1-2-12-27-20(15-25-24(27)33(29,30)18-19-8-4-3-5-9-19)16-26(17-21-10-6-13-31-21)23(28)22-11-7-14-32-22/h2-5,7-9,11,14-15,21H,1,6,10,12-13,16-18H2/t21-/m0/s1. The van der Waals surface area contributed by atoms with Crippen molar-refractivity contribution < 1.29 is 22.4 Å². The van der Waals surface area contributed by atoms with Crippen LogP contribution in [0, 0.1) is 0 Å². The van der Waals surface area contributed by atoms with Gasteiger partial charge in [0.25, 0.3) is 5.91 Å². The van der Waals surface area contributed by atoms with Crippen LogP contribution < -0.4 is 0 Å². The molecular weight excluding hydrogens is 442 g/mol. The zero-order valence-corrected chi connectivity index (χ0v) is 19.1. The number of ether oxygens (including phenoxy) is 1. The lowest BCUT2D eigenvalue weighted by atomic mass is 10.2. The molecule has 0 aliphatic carbocycles. The predicted molar refractivity (Wildman–Crippen MR) is 122 cm³/mol. The summed E-state index contributed by atoms with van der Waals surface area (Å²) in [6.07, 6.45) is 6.33. The molecule has 33 heavy (non-hydrogen) atoms. The van der Waals surface area contributed by atoms with Gasteiger partial charge >= 0.3 is 0 Å². The molecule has 9 heteroatoms. The van der Waals surface area contributed by atoms with Gasteiger partial charge < -0.3 is 18.6 Å². The summed E-state index contributed by atoms with van der Waals surface area (Å²) in [4.78, 5) is 19.0. The quantitative estimate of drug-likeness (QED) is 0.422. The summed E-state index contributed by atoms with van der Waals surface area (Å²) in [6, 6.07) is 12.3. The van der Waals surface area contributed by atoms with E-state index in [-0.39, 0.29) is 41.8 Å². The number of hydrogen-bond donors (Lipinski definition) is 0. The molecule has 0 unspecified atom stereocenters. The van der Waals surface area contributed by atoms with Crippen LogP contribution in [0.4, 0.5) is 0 Å². The lowest BCUT2D eigenvalue weighted by molar-refractivity contribution is 0.0478. The monoisotopic (exact) mass is 469 g/mol. The third kappa shape index (κ3) is 5.43. The van der Waals surface area contributed by atoms with Crippen LogP contribution in [0.1, 0.15) is 34.7 Å². The molecule has 174 valence electrons. The van der Waals surface area contributed by atoms with Gasteiger partial charge in [-0.05, 0) is 30.5 Å². The van der Waals surface area contributed by atoms with E-state index in [2.05, 4.69) is 11.6 Å². The van der Waals surface area contributed by atoms with Crippen molar-refractivity contribution in [3.63, 3.8) is 0 Å². The SMILES string of the molecule is C=CCn1c(CN(C[C@@H]2CCCO2)C(=O)c2ccco2)cnc1S(=O)(=O)Cc1ccccc1. The Kier molecular flexibility index (Phi) is 7.10. The molecule has 3 aromatic rings. The Hall–Kier alpha value is -3.17. The molecule has 4 rings (SSSR count). The third-order valence-electron chi connectivity index (χ3n) is 5.51. The Morgan fingerprint density at radius 3 is 2.73 bits per heavy atom. The highest BCUT2D eigenvalue weighted by atomic mass is 32.2. The minimum Gasteiger partial charge on any atom is -0.459 e. The lowest BCUT2D eigenvalue weighted by Crippen LogP contribution is -2.37. The summed E-state index contributed by atoms with van der Waals surface area (Å²) >= 11 is 0. The number of furan rings is 1. The van der Waals surface area contributed by atoms with E-state index in [9.17, 15) is 13.2 Å². The maximum absolute atomic E-state index is 13.2. The van der Waals surface area contributed by atoms with Gasteiger partial charge in [0.2, 0.25) is 15.0 Å². The van der Waals surface area contributed by atoms with Crippen molar-refractivity contribution in [2.24, 2.45) is 0 Å². The minimum atomic E-state index is -3.71. The van der Waals surface area contributed by atoms with E-state index >= 15 is 0 Å². The van der Waals surface area contributed by atoms with Gasteiger partial charge in [0.15, 0.2) is 5.76 Å². The molecule has 1 aliphatic heterocycles. The normalized spacial score (nSPS) is 16.1. The van der Waals surface area contributed by atoms with Gasteiger partial charge in [-0.15, -0.1) is 6.58 Å². The van der Waals surface area contributed by atoms with Crippen molar-refractivity contribution in [1.82, 2.24) is 14.5 Å². The van der Waals surface area contributed by atoms with E-state index in [0.717, 1.165) is 12.8 Å². The smallest absolute Gasteiger partial charge is 0.289 e. The number of imidazole rings is 1. The van der Waals surface area contributed by atoms with E-state index in [1.807, 2.05) is 6.07 Å². The second kappa shape index (κ2) is 10.2. The number of benzene rings is 1. The van der Waals surface area contributed by atoms with Crippen LogP contribution in [0.15, 0.2) is 77.2 Å². The van der Waals surface area contributed by atoms with Crippen molar-refractivity contribution in [2.45, 2.75) is 42.9 Å². The zero-order valence-electron chi connectivity index (χ0n) is 18.3. The molecule has 1 aromatic carbocycles. The van der Waals surface area contributed by atoms with Crippen molar-refractivity contribution in [2.75, 3.05) is 13.2 Å². The summed E-state index contributed by atoms with van der Waals surface area (Å²) < 4.78 is 39.0. The summed E-state index contributed by atoms with van der Waals surface area (Å²) in [5.74, 6) is -0.220. The summed E-state index contributed by atoms with van der Waals surface area (Å²) in [5, 5.41) is -0.0382. The molecular formula is C24H27N3O5S. The van der Waals surface area contributed by atoms with Gasteiger partial charge in [0, 0.05) is 19.7 Å². The number of amides is 1. The maximum atomic E-state index is 13.2. The van der Waals surface area contributed by atoms with E-state index in [1.165, 1.54) is 12.5 Å². The third-order valence-corrected chi connectivity index (χ3v) is 7.11. The van der Waals surface area contributed by atoms with Gasteiger partial charge in [-0.2, -0.15) is 0 Å². The number of allylic oxidation sites excluding steroid dienone is 1. The van der Waals surface area contributed by atoms with Crippen LogP contribution in [0.25, 0.3) is 0 Å². The fourth-order valence-electron chi connectivity index (χ4n) is 3.95. The molecule has 0 N–H and O–H groups in total. The van der Waals surface area contributed by atoms with Gasteiger partial charge in [0.1, 0.15) is 0 Å². The van der Waals surface area contributed by atoms with Crippen LogP contribution in [-0.2, 0) is 33.4 Å². The summed E-state index contributed by atoms with van der Waals surface area (Å²) in [7, 11) is -3.71. The highest BCUT2D eigenvalue weighted by Crippen LogP contribution is 2.21. The van der Waals surface area contributed by atoms with Crippen molar-refractivity contribution in [3.8, 4) is 0 Å². The van der Waals surface area contributed by atoms with Crippen LogP contribution in [0.2, 0.25) is 0 Å². The molecule has 3 heterocycles. The zero-order chi connectivity index (χ0) is 23.3. The van der Waals surface area contributed by atoms with Gasteiger partial charge in [-0.3, -0.25) is 4.79 Å². The highest BCUT2D eigenvalue weighted by molar-refractivity contribution is 7.90. The second-order valence-corrected chi connectivity index (χ2v) is 9.86. The predicted octanol–water partition coefficient (Wildman–Crippen LogP) is 3.46. The molecule has 1 atom stereocenters. The van der Waals surface area contributed by atoms with E-state index < -0.39 is 9.84 Å². The molecule has 1 fully saturated rings. The Balaban J connectivity index is 1.62. The second-order valence-electron chi connectivity index (χ2n) is 7.97. The first-order valence-corrected chi connectivity index (χ1v) is 12.5. The molecule has 8 nitrogen and oxygen atoms in total. The summed E-state index contributed by atoms with van der Waals surface area (Å²) in [6.45, 7) is 5.23. The van der Waals surface area contributed by atoms with Crippen molar-refractivity contribution in [1.29, 1.82) is 0 Å². The lowest BCUT2D eigenvalue weighted by Gasteiger charge is -2.25. The Bertz CT molecular complexity index is 1180. The van der Waals surface area contributed by atoms with Crippen LogP contribution >= 0.6 is 0 Å². The molecule has 1 saturated heterocycles. The fourth-order valence-corrected chi connectivity index (χ4v) is 5.46. The number of hydrogen-bond acceptors (Lipinski definition) is 6. The van der Waals surface area contributed by atoms with Gasteiger partial charge in [-0.1, -0.05) is 36.4 Å². The van der Waals surface area contributed by atoms with E-state index in [0.29, 0.717) is 24.4 Å². The number of aromatic nitrogens is 2. The van der Waals surface area contributed by atoms with Crippen LogP contribution in [0.3, 0.4) is 0 Å². The number of carbonyl (C=O) groups excluding carboxylic acids is 1. The molecule has 0 spiro atoms. The summed E-state index contributed by atoms with van der Waals surface area (Å²) in [5.41, 5.74) is 1.28. The Morgan fingerprint density at radius 1 is 1.24 bits per heavy atom. The number of nitrogens with zero attached hydrogens (tertiary/aromatic N) is 3. The topological polar surface area (TPSA) is 94.6 Å². The highest BCUT2D eigenvalue weighted by Gasteiger charge is 2.28. The maximum Gasteiger partial charge on any atom is 0.289 e. The largest absolute Gasteiger partial charge is 0.459 e. The first kappa shape index (κ1) is 23.0. The Labute approximate surface area is 193 Å². The molecule has 1 aliphatic rings. The van der Waals surface area contributed by atoms with Crippen LogP contribution in [0.5, 0.6) is 0 Å². The van der Waals surface area contributed by atoms with Gasteiger partial charge in [0.05, 0.1) is 36.6 Å². The first-order valence-electron chi connectivity index (χ1n) is 10.8. The first-order chi connectivity index (χ1) is 16.0. The van der Waals surface area contributed by atoms with E-state index in [4.69, 9.17) is 9.15 Å². The minimum absolute atomic E-state index is 0.0382. The van der Waals surface area contributed by atoms with Crippen molar-refractivity contribution in [3.05, 3.63) is 84.6 Å². The van der Waals surface area contributed by atoms with E-state index in [1.54, 1.807) is 51.9 Å². The molecule has 0 saturated carbocycles.